The molecule has 90 valence electrons. The Morgan fingerprint density at radius 1 is 1.13 bits per heavy atom. The molecule has 0 aromatic heterocycles. The minimum absolute atomic E-state index is 0.390. The van der Waals surface area contributed by atoms with Gasteiger partial charge in [0.2, 0.25) is 0 Å². The Morgan fingerprint density at radius 2 is 1.73 bits per heavy atom. The van der Waals surface area contributed by atoms with Gasteiger partial charge in [-0.3, -0.25) is 0 Å². The van der Waals surface area contributed by atoms with E-state index in [2.05, 4.69) is 20.8 Å². The summed E-state index contributed by atoms with van der Waals surface area (Å²) in [6.45, 7) is 6.89. The molecular weight excluding hydrogens is 182 g/mol. The Bertz CT molecular complexity index is 157. The first-order valence-corrected chi connectivity index (χ1v) is 6.89. The molecule has 0 radical (unpaired) electrons. The maximum absolute atomic E-state index is 5.85. The normalized spacial score (nSPS) is 31.2. The average Bonchev–Trinajstić information content (AvgIpc) is 2.21. The number of nitrogens with two attached hydrogens (primary N) is 1. The summed E-state index contributed by atoms with van der Waals surface area (Å²) in [5, 5.41) is 0. The van der Waals surface area contributed by atoms with Crippen molar-refractivity contribution in [2.45, 2.75) is 71.8 Å². The van der Waals surface area contributed by atoms with E-state index in [0.29, 0.717) is 6.04 Å². The van der Waals surface area contributed by atoms with E-state index >= 15 is 0 Å². The van der Waals surface area contributed by atoms with E-state index in [9.17, 15) is 0 Å². The van der Waals surface area contributed by atoms with Crippen molar-refractivity contribution < 1.29 is 0 Å². The average molecular weight is 211 g/mol. The first kappa shape index (κ1) is 13.0. The molecule has 1 heteroatoms. The van der Waals surface area contributed by atoms with Gasteiger partial charge < -0.3 is 5.73 Å². The molecule has 2 N–H and O–H groups in total. The van der Waals surface area contributed by atoms with Crippen LogP contribution in [0.2, 0.25) is 0 Å². The second-order valence-electron chi connectivity index (χ2n) is 5.74. The van der Waals surface area contributed by atoms with Crippen molar-refractivity contribution in [3.63, 3.8) is 0 Å². The van der Waals surface area contributed by atoms with Crippen molar-refractivity contribution in [1.29, 1.82) is 0 Å². The van der Waals surface area contributed by atoms with Crippen LogP contribution in [0.15, 0.2) is 0 Å². The first-order valence-electron chi connectivity index (χ1n) is 6.89. The van der Waals surface area contributed by atoms with Crippen LogP contribution >= 0.6 is 0 Å². The maximum atomic E-state index is 5.85. The Morgan fingerprint density at radius 3 is 2.20 bits per heavy atom. The molecule has 2 atom stereocenters. The van der Waals surface area contributed by atoms with Crippen LogP contribution in [0.5, 0.6) is 0 Å². The Hall–Kier alpha value is -0.0400. The minimum Gasteiger partial charge on any atom is -0.328 e. The zero-order chi connectivity index (χ0) is 11.3. The van der Waals surface area contributed by atoms with Crippen LogP contribution in [0.4, 0.5) is 0 Å². The van der Waals surface area contributed by atoms with Crippen molar-refractivity contribution in [3.8, 4) is 0 Å². The molecule has 0 aromatic carbocycles. The topological polar surface area (TPSA) is 26.0 Å². The van der Waals surface area contributed by atoms with Crippen LogP contribution in [0.3, 0.4) is 0 Å². The van der Waals surface area contributed by atoms with Crippen LogP contribution in [-0.4, -0.2) is 6.04 Å². The van der Waals surface area contributed by atoms with Gasteiger partial charge in [-0.05, 0) is 50.4 Å². The predicted molar refractivity (Wildman–Crippen MR) is 67.8 cm³/mol. The number of hydrogen-bond donors (Lipinski definition) is 1. The lowest BCUT2D eigenvalue weighted by Gasteiger charge is -2.32. The Balaban J connectivity index is 2.31. The summed E-state index contributed by atoms with van der Waals surface area (Å²) < 4.78 is 0. The predicted octanol–water partition coefficient (Wildman–Crippen LogP) is 3.97. The summed E-state index contributed by atoms with van der Waals surface area (Å²) in [7, 11) is 0. The molecule has 2 unspecified atom stereocenters. The highest BCUT2D eigenvalue weighted by atomic mass is 14.6. The molecule has 0 bridgehead atoms. The molecule has 1 aliphatic carbocycles. The third-order valence-electron chi connectivity index (χ3n) is 4.24. The van der Waals surface area contributed by atoms with Crippen molar-refractivity contribution >= 4 is 0 Å². The first-order chi connectivity index (χ1) is 7.13. The van der Waals surface area contributed by atoms with Gasteiger partial charge in [0.25, 0.3) is 0 Å². The summed E-state index contributed by atoms with van der Waals surface area (Å²) in [6, 6.07) is 0.390. The molecule has 1 rings (SSSR count). The van der Waals surface area contributed by atoms with Crippen LogP contribution in [-0.2, 0) is 0 Å². The summed E-state index contributed by atoms with van der Waals surface area (Å²) in [4.78, 5) is 0. The second-order valence-corrected chi connectivity index (χ2v) is 5.74. The maximum Gasteiger partial charge on any atom is 0.00105 e. The van der Waals surface area contributed by atoms with E-state index in [1.807, 2.05) is 0 Å². The van der Waals surface area contributed by atoms with E-state index in [0.717, 1.165) is 17.8 Å². The minimum atomic E-state index is 0.390. The standard InChI is InChI=1S/C14H29N/c1-4-13(10-7-12(3)15)14-8-5-11(2)6-9-14/h11-14H,4-10,15H2,1-3H3. The third kappa shape index (κ3) is 4.55. The van der Waals surface area contributed by atoms with Gasteiger partial charge >= 0.3 is 0 Å². The fraction of sp³-hybridized carbons (Fsp3) is 1.00. The highest BCUT2D eigenvalue weighted by Crippen LogP contribution is 2.36. The van der Waals surface area contributed by atoms with Crippen molar-refractivity contribution in [2.24, 2.45) is 23.5 Å². The fourth-order valence-corrected chi connectivity index (χ4v) is 3.01. The van der Waals surface area contributed by atoms with Gasteiger partial charge in [-0.1, -0.05) is 33.1 Å². The summed E-state index contributed by atoms with van der Waals surface area (Å²) >= 11 is 0. The van der Waals surface area contributed by atoms with Crippen molar-refractivity contribution in [1.82, 2.24) is 0 Å². The molecular formula is C14H29N. The number of rotatable bonds is 5. The molecule has 0 amide bonds. The van der Waals surface area contributed by atoms with E-state index < -0.39 is 0 Å². The zero-order valence-corrected chi connectivity index (χ0v) is 10.8. The largest absolute Gasteiger partial charge is 0.328 e. The molecule has 0 spiro atoms. The highest BCUT2D eigenvalue weighted by molar-refractivity contribution is 4.76. The van der Waals surface area contributed by atoms with Crippen LogP contribution < -0.4 is 5.73 Å². The van der Waals surface area contributed by atoms with Gasteiger partial charge in [0.15, 0.2) is 0 Å². The van der Waals surface area contributed by atoms with Crippen molar-refractivity contribution in [2.75, 3.05) is 0 Å². The van der Waals surface area contributed by atoms with Gasteiger partial charge in [-0.25, -0.2) is 0 Å². The smallest absolute Gasteiger partial charge is 0.00105 e. The molecule has 0 aliphatic heterocycles. The summed E-state index contributed by atoms with van der Waals surface area (Å²) in [5.74, 6) is 2.93. The molecule has 15 heavy (non-hydrogen) atoms. The lowest BCUT2D eigenvalue weighted by atomic mass is 9.74. The third-order valence-corrected chi connectivity index (χ3v) is 4.24. The van der Waals surface area contributed by atoms with E-state index in [4.69, 9.17) is 5.73 Å². The summed E-state index contributed by atoms with van der Waals surface area (Å²) in [5.41, 5.74) is 5.85. The second kappa shape index (κ2) is 6.52. The van der Waals surface area contributed by atoms with E-state index in [1.165, 1.54) is 44.9 Å². The van der Waals surface area contributed by atoms with Crippen LogP contribution in [0.1, 0.15) is 65.7 Å². The molecule has 1 fully saturated rings. The van der Waals surface area contributed by atoms with Crippen molar-refractivity contribution in [3.05, 3.63) is 0 Å². The fourth-order valence-electron chi connectivity index (χ4n) is 3.01. The van der Waals surface area contributed by atoms with Gasteiger partial charge in [0.05, 0.1) is 0 Å². The van der Waals surface area contributed by atoms with E-state index in [-0.39, 0.29) is 0 Å². The van der Waals surface area contributed by atoms with Crippen LogP contribution in [0, 0.1) is 17.8 Å². The molecule has 1 aliphatic rings. The Kier molecular flexibility index (Phi) is 5.66. The highest BCUT2D eigenvalue weighted by Gasteiger charge is 2.24. The zero-order valence-electron chi connectivity index (χ0n) is 10.8. The van der Waals surface area contributed by atoms with Crippen LogP contribution in [0.25, 0.3) is 0 Å². The molecule has 1 nitrogen and oxygen atoms in total. The lowest BCUT2D eigenvalue weighted by molar-refractivity contribution is 0.194. The molecule has 0 saturated heterocycles. The van der Waals surface area contributed by atoms with Gasteiger partial charge in [-0.15, -0.1) is 0 Å². The molecule has 0 heterocycles. The number of hydrogen-bond acceptors (Lipinski definition) is 1. The molecule has 0 aromatic rings. The molecule has 1 saturated carbocycles. The summed E-state index contributed by atoms with van der Waals surface area (Å²) in [6.07, 6.45) is 9.78. The van der Waals surface area contributed by atoms with Gasteiger partial charge in [0, 0.05) is 6.04 Å². The van der Waals surface area contributed by atoms with Gasteiger partial charge in [0.1, 0.15) is 0 Å². The van der Waals surface area contributed by atoms with Gasteiger partial charge in [-0.2, -0.15) is 0 Å². The van der Waals surface area contributed by atoms with E-state index in [1.54, 1.807) is 0 Å². The quantitative estimate of drug-likeness (QED) is 0.731. The SMILES string of the molecule is CCC(CCC(C)N)C1CCC(C)CC1. The lowest BCUT2D eigenvalue weighted by Crippen LogP contribution is -2.23. The monoisotopic (exact) mass is 211 g/mol. The Labute approximate surface area is 95.8 Å².